The normalized spacial score (nSPS) is 22.4. The van der Waals surface area contributed by atoms with Crippen LogP contribution in [-0.4, -0.2) is 47.2 Å². The Morgan fingerprint density at radius 3 is 2.85 bits per heavy atom. The van der Waals surface area contributed by atoms with Gasteiger partial charge in [0.25, 0.3) is 11.1 Å². The molecule has 0 bridgehead atoms. The van der Waals surface area contributed by atoms with Gasteiger partial charge in [-0.3, -0.25) is 9.59 Å². The van der Waals surface area contributed by atoms with Crippen molar-refractivity contribution in [3.63, 3.8) is 0 Å². The van der Waals surface area contributed by atoms with Crippen molar-refractivity contribution >= 4 is 34.7 Å². The van der Waals surface area contributed by atoms with Gasteiger partial charge in [-0.1, -0.05) is 43.2 Å². The van der Waals surface area contributed by atoms with Crippen LogP contribution < -0.4 is 0 Å². The summed E-state index contributed by atoms with van der Waals surface area (Å²) in [5.74, 6) is 0.965. The molecular formula is C20H24N2O4S. The second kappa shape index (κ2) is 8.33. The number of ether oxygens (including phenoxy) is 1. The van der Waals surface area contributed by atoms with Crippen molar-refractivity contribution in [1.29, 1.82) is 0 Å². The number of hydrogen-bond donors (Lipinski definition) is 0. The molecule has 7 heteroatoms. The maximum Gasteiger partial charge on any atom is 0.316 e. The molecule has 6 nitrogen and oxygen atoms in total. The number of aromatic nitrogens is 1. The fourth-order valence-electron chi connectivity index (χ4n) is 4.14. The summed E-state index contributed by atoms with van der Waals surface area (Å²) in [5.41, 5.74) is 1.45. The molecule has 0 unspecified atom stereocenters. The minimum absolute atomic E-state index is 0.0742. The number of nitrogens with zero attached hydrogens (tertiary/aromatic N) is 2. The highest BCUT2D eigenvalue weighted by Crippen LogP contribution is 2.36. The molecule has 0 N–H and O–H groups in total. The molecule has 1 aromatic heterocycles. The van der Waals surface area contributed by atoms with Crippen LogP contribution in [0.1, 0.15) is 32.1 Å². The van der Waals surface area contributed by atoms with Crippen molar-refractivity contribution in [1.82, 2.24) is 9.88 Å². The Labute approximate surface area is 162 Å². The molecule has 2 atom stereocenters. The molecule has 2 aromatic rings. The lowest BCUT2D eigenvalue weighted by molar-refractivity contribution is -0.151. The lowest BCUT2D eigenvalue weighted by Crippen LogP contribution is -2.46. The standard InChI is InChI=1S/C20H24N2O4S/c23-18(22-10-9-14-5-1-2-6-15(14)11-22)12-25-19(24)13-27-20-21-16-7-3-4-8-17(16)26-20/h3-4,7-8,14-15H,1-2,5-6,9-13H2/t14-,15-/m1/s1. The van der Waals surface area contributed by atoms with Gasteiger partial charge in [0.1, 0.15) is 11.3 Å². The summed E-state index contributed by atoms with van der Waals surface area (Å²) in [6, 6.07) is 7.45. The smallest absolute Gasteiger partial charge is 0.316 e. The van der Waals surface area contributed by atoms with Crippen molar-refractivity contribution in [3.8, 4) is 0 Å². The molecule has 1 aliphatic heterocycles. The van der Waals surface area contributed by atoms with Crippen molar-refractivity contribution in [3.05, 3.63) is 24.3 Å². The molecule has 2 aliphatic rings. The van der Waals surface area contributed by atoms with E-state index < -0.39 is 5.97 Å². The predicted molar refractivity (Wildman–Crippen MR) is 102 cm³/mol. The van der Waals surface area contributed by atoms with Gasteiger partial charge in [-0.2, -0.15) is 0 Å². The van der Waals surface area contributed by atoms with Gasteiger partial charge in [0.05, 0.1) is 0 Å². The van der Waals surface area contributed by atoms with E-state index in [-0.39, 0.29) is 18.3 Å². The molecule has 1 saturated carbocycles. The molecule has 4 rings (SSSR count). The number of carbonyl (C=O) groups excluding carboxylic acids is 2. The summed E-state index contributed by atoms with van der Waals surface area (Å²) in [4.78, 5) is 30.5. The van der Waals surface area contributed by atoms with Crippen LogP contribution in [0.15, 0.2) is 33.9 Å². The van der Waals surface area contributed by atoms with Crippen LogP contribution in [0.25, 0.3) is 11.1 Å². The van der Waals surface area contributed by atoms with Crippen molar-refractivity contribution in [2.75, 3.05) is 25.4 Å². The number of hydrogen-bond acceptors (Lipinski definition) is 6. The van der Waals surface area contributed by atoms with Gasteiger partial charge in [0, 0.05) is 13.1 Å². The molecule has 1 aliphatic carbocycles. The minimum atomic E-state index is -0.428. The van der Waals surface area contributed by atoms with E-state index in [1.165, 1.54) is 37.4 Å². The summed E-state index contributed by atoms with van der Waals surface area (Å²) in [6.45, 7) is 1.43. The molecular weight excluding hydrogens is 364 g/mol. The van der Waals surface area contributed by atoms with Gasteiger partial charge in [-0.15, -0.1) is 0 Å². The zero-order chi connectivity index (χ0) is 18.6. The molecule has 1 aromatic carbocycles. The number of amides is 1. The maximum absolute atomic E-state index is 12.4. The third-order valence-corrected chi connectivity index (χ3v) is 6.39. The van der Waals surface area contributed by atoms with Crippen LogP contribution in [0.4, 0.5) is 0 Å². The zero-order valence-corrected chi connectivity index (χ0v) is 16.1. The van der Waals surface area contributed by atoms with E-state index in [0.29, 0.717) is 16.7 Å². The molecule has 144 valence electrons. The van der Waals surface area contributed by atoms with Gasteiger partial charge in [0.2, 0.25) is 0 Å². The topological polar surface area (TPSA) is 72.6 Å². The first-order valence-corrected chi connectivity index (χ1v) is 10.6. The van der Waals surface area contributed by atoms with Gasteiger partial charge in [-0.25, -0.2) is 4.98 Å². The van der Waals surface area contributed by atoms with Gasteiger partial charge in [0.15, 0.2) is 12.2 Å². The predicted octanol–water partition coefficient (Wildman–Crippen LogP) is 3.50. The molecule has 27 heavy (non-hydrogen) atoms. The number of likely N-dealkylation sites (tertiary alicyclic amines) is 1. The highest BCUT2D eigenvalue weighted by molar-refractivity contribution is 7.99. The number of oxazole rings is 1. The van der Waals surface area contributed by atoms with Crippen molar-refractivity contribution < 1.29 is 18.7 Å². The molecule has 2 fully saturated rings. The SMILES string of the molecule is O=C(CSc1nc2ccccc2o1)OCC(=O)N1CC[C@H]2CCCC[C@@H]2C1. The summed E-state index contributed by atoms with van der Waals surface area (Å²) in [5, 5.41) is 0.429. The number of rotatable bonds is 5. The molecule has 0 spiro atoms. The summed E-state index contributed by atoms with van der Waals surface area (Å²) in [6.07, 6.45) is 6.19. The van der Waals surface area contributed by atoms with E-state index in [1.54, 1.807) is 0 Å². The lowest BCUT2D eigenvalue weighted by atomic mass is 9.75. The number of esters is 1. The van der Waals surface area contributed by atoms with Gasteiger partial charge >= 0.3 is 5.97 Å². The Morgan fingerprint density at radius 1 is 1.19 bits per heavy atom. The Kier molecular flexibility index (Phi) is 5.66. The van der Waals surface area contributed by atoms with E-state index in [2.05, 4.69) is 4.98 Å². The second-order valence-electron chi connectivity index (χ2n) is 7.33. The van der Waals surface area contributed by atoms with Crippen molar-refractivity contribution in [2.45, 2.75) is 37.3 Å². The minimum Gasteiger partial charge on any atom is -0.455 e. The van der Waals surface area contributed by atoms with Crippen LogP contribution in [0.2, 0.25) is 0 Å². The number of piperidine rings is 1. The molecule has 1 saturated heterocycles. The van der Waals surface area contributed by atoms with Gasteiger partial charge in [-0.05, 0) is 36.8 Å². The first kappa shape index (κ1) is 18.3. The number of fused-ring (bicyclic) bond motifs is 2. The zero-order valence-electron chi connectivity index (χ0n) is 15.3. The Morgan fingerprint density at radius 2 is 2.00 bits per heavy atom. The first-order valence-electron chi connectivity index (χ1n) is 9.61. The Balaban J connectivity index is 1.21. The number of benzene rings is 1. The average molecular weight is 388 g/mol. The number of thioether (sulfide) groups is 1. The fraction of sp³-hybridized carbons (Fsp3) is 0.550. The average Bonchev–Trinajstić information content (AvgIpc) is 3.13. The Hall–Kier alpha value is -2.02. The van der Waals surface area contributed by atoms with E-state index >= 15 is 0 Å². The quantitative estimate of drug-likeness (QED) is 0.577. The third-order valence-electron chi connectivity index (χ3n) is 5.59. The first-order chi connectivity index (χ1) is 13.2. The number of carbonyl (C=O) groups is 2. The highest BCUT2D eigenvalue weighted by atomic mass is 32.2. The monoisotopic (exact) mass is 388 g/mol. The summed E-state index contributed by atoms with van der Waals surface area (Å²) in [7, 11) is 0. The largest absolute Gasteiger partial charge is 0.455 e. The molecule has 1 amide bonds. The van der Waals surface area contributed by atoms with Crippen LogP contribution in [0.3, 0.4) is 0 Å². The third kappa shape index (κ3) is 4.46. The summed E-state index contributed by atoms with van der Waals surface area (Å²) < 4.78 is 10.7. The van der Waals surface area contributed by atoms with E-state index in [4.69, 9.17) is 9.15 Å². The van der Waals surface area contributed by atoms with E-state index in [0.717, 1.165) is 30.9 Å². The van der Waals surface area contributed by atoms with Crippen LogP contribution in [0.5, 0.6) is 0 Å². The van der Waals surface area contributed by atoms with Crippen LogP contribution in [0, 0.1) is 11.8 Å². The Bertz CT molecular complexity index is 788. The van der Waals surface area contributed by atoms with E-state index in [9.17, 15) is 9.59 Å². The second-order valence-corrected chi connectivity index (χ2v) is 8.26. The maximum atomic E-state index is 12.4. The van der Waals surface area contributed by atoms with Crippen molar-refractivity contribution in [2.24, 2.45) is 11.8 Å². The fourth-order valence-corrected chi connectivity index (χ4v) is 4.77. The van der Waals surface area contributed by atoms with Crippen LogP contribution in [-0.2, 0) is 14.3 Å². The van der Waals surface area contributed by atoms with Gasteiger partial charge < -0.3 is 14.1 Å². The summed E-state index contributed by atoms with van der Waals surface area (Å²) >= 11 is 1.18. The van der Waals surface area contributed by atoms with Crippen LogP contribution >= 0.6 is 11.8 Å². The lowest BCUT2D eigenvalue weighted by Gasteiger charge is -2.41. The number of para-hydroxylation sites is 2. The van der Waals surface area contributed by atoms with E-state index in [1.807, 2.05) is 29.2 Å². The molecule has 2 heterocycles. The highest BCUT2D eigenvalue weighted by Gasteiger charge is 2.33. The molecule has 0 radical (unpaired) electrons.